The topological polar surface area (TPSA) is 60.7 Å². The number of fused-ring (bicyclic) bond motifs is 2. The Morgan fingerprint density at radius 1 is 0.611 bits per heavy atom. The lowest BCUT2D eigenvalue weighted by atomic mass is 10.0. The van der Waals surface area contributed by atoms with Crippen LogP contribution in [0, 0.1) is 0 Å². The minimum Gasteiger partial charge on any atom is -0.386 e. The van der Waals surface area contributed by atoms with E-state index in [1.807, 2.05) is 36.4 Å². The SMILES string of the molecule is O[Si](O)(O)c1ccc2cc3ccccc3cc2c1. The van der Waals surface area contributed by atoms with Gasteiger partial charge in [-0.05, 0) is 39.7 Å². The molecule has 3 aromatic rings. The van der Waals surface area contributed by atoms with Gasteiger partial charge in [-0.25, -0.2) is 0 Å². The molecule has 0 heterocycles. The van der Waals surface area contributed by atoms with Gasteiger partial charge in [0.1, 0.15) is 0 Å². The second-order valence-electron chi connectivity index (χ2n) is 4.40. The van der Waals surface area contributed by atoms with E-state index in [9.17, 15) is 14.4 Å². The molecule has 0 saturated heterocycles. The van der Waals surface area contributed by atoms with Gasteiger partial charge in [0, 0.05) is 5.19 Å². The lowest BCUT2D eigenvalue weighted by molar-refractivity contribution is 0.250. The lowest BCUT2D eigenvalue weighted by Gasteiger charge is -2.11. The van der Waals surface area contributed by atoms with Gasteiger partial charge in [0.2, 0.25) is 0 Å². The summed E-state index contributed by atoms with van der Waals surface area (Å²) in [5.74, 6) is 0. The van der Waals surface area contributed by atoms with E-state index >= 15 is 0 Å². The van der Waals surface area contributed by atoms with Crippen LogP contribution in [0.2, 0.25) is 0 Å². The van der Waals surface area contributed by atoms with Gasteiger partial charge in [0.25, 0.3) is 0 Å². The quantitative estimate of drug-likeness (QED) is 0.451. The molecule has 4 heteroatoms. The van der Waals surface area contributed by atoms with Crippen LogP contribution in [0.4, 0.5) is 0 Å². The van der Waals surface area contributed by atoms with Crippen molar-refractivity contribution in [2.24, 2.45) is 0 Å². The van der Waals surface area contributed by atoms with Gasteiger partial charge in [0.05, 0.1) is 0 Å². The maximum absolute atomic E-state index is 9.31. The molecule has 0 fully saturated rings. The Balaban J connectivity index is 2.31. The van der Waals surface area contributed by atoms with Gasteiger partial charge >= 0.3 is 8.80 Å². The first kappa shape index (κ1) is 11.4. The van der Waals surface area contributed by atoms with Crippen molar-refractivity contribution in [1.29, 1.82) is 0 Å². The van der Waals surface area contributed by atoms with Gasteiger partial charge in [-0.15, -0.1) is 0 Å². The first-order valence-corrected chi connectivity index (χ1v) is 7.48. The third-order valence-electron chi connectivity index (χ3n) is 3.09. The fourth-order valence-electron chi connectivity index (χ4n) is 2.15. The third kappa shape index (κ3) is 1.91. The summed E-state index contributed by atoms with van der Waals surface area (Å²) in [6, 6.07) is 17.0. The van der Waals surface area contributed by atoms with Crippen LogP contribution in [0.15, 0.2) is 54.6 Å². The Labute approximate surface area is 105 Å². The van der Waals surface area contributed by atoms with Gasteiger partial charge in [-0.3, -0.25) is 0 Å². The summed E-state index contributed by atoms with van der Waals surface area (Å²) < 4.78 is 0. The van der Waals surface area contributed by atoms with Crippen molar-refractivity contribution in [3.05, 3.63) is 54.6 Å². The van der Waals surface area contributed by atoms with E-state index in [1.165, 1.54) is 0 Å². The maximum atomic E-state index is 9.31. The molecular weight excluding hydrogens is 244 g/mol. The normalized spacial score (nSPS) is 12.2. The van der Waals surface area contributed by atoms with E-state index < -0.39 is 8.80 Å². The molecule has 18 heavy (non-hydrogen) atoms. The standard InChI is InChI=1S/C14H12O3Si/c15-18(16,17)14-6-5-12-7-10-3-1-2-4-11(10)8-13(12)9-14/h1-9,15-17H. The van der Waals surface area contributed by atoms with Crippen LogP contribution in [0.25, 0.3) is 21.5 Å². The maximum Gasteiger partial charge on any atom is 0.529 e. The molecule has 0 aliphatic carbocycles. The van der Waals surface area contributed by atoms with Crippen LogP contribution in [-0.2, 0) is 0 Å². The van der Waals surface area contributed by atoms with Crippen molar-refractivity contribution in [2.75, 3.05) is 0 Å². The summed E-state index contributed by atoms with van der Waals surface area (Å²) in [4.78, 5) is 27.9. The molecule has 0 unspecified atom stereocenters. The van der Waals surface area contributed by atoms with E-state index in [1.54, 1.807) is 18.2 Å². The average molecular weight is 256 g/mol. The van der Waals surface area contributed by atoms with Gasteiger partial charge in [-0.2, -0.15) is 0 Å². The highest BCUT2D eigenvalue weighted by Crippen LogP contribution is 2.22. The summed E-state index contributed by atoms with van der Waals surface area (Å²) in [5, 5.41) is 4.32. The highest BCUT2D eigenvalue weighted by Gasteiger charge is 2.30. The zero-order chi connectivity index (χ0) is 12.8. The van der Waals surface area contributed by atoms with Crippen molar-refractivity contribution >= 4 is 35.5 Å². The highest BCUT2D eigenvalue weighted by atomic mass is 28.4. The Kier molecular flexibility index (Phi) is 2.46. The van der Waals surface area contributed by atoms with Crippen molar-refractivity contribution in [1.82, 2.24) is 0 Å². The minimum atomic E-state index is -4.22. The average Bonchev–Trinajstić information content (AvgIpc) is 2.34. The zero-order valence-electron chi connectivity index (χ0n) is 9.54. The summed E-state index contributed by atoms with van der Waals surface area (Å²) in [7, 11) is -4.22. The monoisotopic (exact) mass is 256 g/mol. The molecule has 0 radical (unpaired) electrons. The summed E-state index contributed by atoms with van der Waals surface area (Å²) in [6.45, 7) is 0. The van der Waals surface area contributed by atoms with Gasteiger partial charge in [-0.1, -0.05) is 36.4 Å². The van der Waals surface area contributed by atoms with Crippen LogP contribution in [0.3, 0.4) is 0 Å². The van der Waals surface area contributed by atoms with E-state index in [4.69, 9.17) is 0 Å². The van der Waals surface area contributed by atoms with Crippen LogP contribution in [-0.4, -0.2) is 23.2 Å². The van der Waals surface area contributed by atoms with Crippen molar-refractivity contribution in [3.8, 4) is 0 Å². The smallest absolute Gasteiger partial charge is 0.386 e. The van der Waals surface area contributed by atoms with Gasteiger partial charge in [0.15, 0.2) is 0 Å². The molecule has 0 aromatic heterocycles. The molecule has 3 nitrogen and oxygen atoms in total. The minimum absolute atomic E-state index is 0.199. The molecule has 0 atom stereocenters. The van der Waals surface area contributed by atoms with Gasteiger partial charge < -0.3 is 14.4 Å². The van der Waals surface area contributed by atoms with Crippen LogP contribution < -0.4 is 5.19 Å². The van der Waals surface area contributed by atoms with Crippen molar-refractivity contribution < 1.29 is 14.4 Å². The fourth-order valence-corrected chi connectivity index (χ4v) is 2.80. The summed E-state index contributed by atoms with van der Waals surface area (Å²) in [6.07, 6.45) is 0. The molecule has 0 amide bonds. The molecule has 3 N–H and O–H groups in total. The Morgan fingerprint density at radius 2 is 1.17 bits per heavy atom. The van der Waals surface area contributed by atoms with Crippen molar-refractivity contribution in [3.63, 3.8) is 0 Å². The Bertz CT molecular complexity index is 732. The highest BCUT2D eigenvalue weighted by molar-refractivity contribution is 6.71. The second-order valence-corrected chi connectivity index (χ2v) is 6.24. The van der Waals surface area contributed by atoms with E-state index in [0.29, 0.717) is 0 Å². The predicted octanol–water partition coefficient (Wildman–Crippen LogP) is 1.12. The fraction of sp³-hybridized carbons (Fsp3) is 0. The predicted molar refractivity (Wildman–Crippen MR) is 73.5 cm³/mol. The van der Waals surface area contributed by atoms with E-state index in [2.05, 4.69) is 0 Å². The molecule has 0 aliphatic heterocycles. The van der Waals surface area contributed by atoms with Crippen molar-refractivity contribution in [2.45, 2.75) is 0 Å². The number of hydrogen-bond acceptors (Lipinski definition) is 3. The Hall–Kier alpha value is -1.72. The third-order valence-corrected chi connectivity index (χ3v) is 4.18. The second kappa shape index (κ2) is 3.89. The first-order valence-electron chi connectivity index (χ1n) is 5.64. The Morgan fingerprint density at radius 3 is 1.78 bits per heavy atom. The number of hydrogen-bond donors (Lipinski definition) is 3. The molecule has 0 spiro atoms. The molecule has 3 rings (SSSR count). The molecule has 0 bridgehead atoms. The molecule has 90 valence electrons. The number of benzene rings is 3. The largest absolute Gasteiger partial charge is 0.529 e. The summed E-state index contributed by atoms with van der Waals surface area (Å²) >= 11 is 0. The summed E-state index contributed by atoms with van der Waals surface area (Å²) in [5.41, 5.74) is 0. The molecule has 3 aromatic carbocycles. The van der Waals surface area contributed by atoms with E-state index in [0.717, 1.165) is 21.5 Å². The van der Waals surface area contributed by atoms with Crippen LogP contribution in [0.5, 0.6) is 0 Å². The van der Waals surface area contributed by atoms with Crippen LogP contribution >= 0.6 is 0 Å². The first-order chi connectivity index (χ1) is 8.54. The van der Waals surface area contributed by atoms with Crippen LogP contribution in [0.1, 0.15) is 0 Å². The molecule has 0 aliphatic rings. The number of rotatable bonds is 1. The van der Waals surface area contributed by atoms with E-state index in [-0.39, 0.29) is 5.19 Å². The molecule has 0 saturated carbocycles. The lowest BCUT2D eigenvalue weighted by Crippen LogP contribution is -2.48. The molecular formula is C14H12O3Si. The zero-order valence-corrected chi connectivity index (χ0v) is 10.5.